The summed E-state index contributed by atoms with van der Waals surface area (Å²) in [6.07, 6.45) is 1.99. The molecule has 1 unspecified atom stereocenters. The average molecular weight is 285 g/mol. The minimum atomic E-state index is -1.57. The third kappa shape index (κ3) is 4.60. The molecule has 112 valence electrons. The minimum absolute atomic E-state index is 0.0231. The molecule has 1 N–H and O–H groups in total. The average Bonchev–Trinajstić information content (AvgIpc) is 2.47. The molecule has 0 bridgehead atoms. The second-order valence-electron chi connectivity index (χ2n) is 5.12. The van der Waals surface area contributed by atoms with Gasteiger partial charge in [-0.1, -0.05) is 0 Å². The normalized spacial score (nSPS) is 19.1. The number of amides is 1. The zero-order valence-corrected chi connectivity index (χ0v) is 12.3. The predicted octanol–water partition coefficient (Wildman–Crippen LogP) is 2.81. The number of alkyl carbamates (subject to hydrolysis) is 1. The van der Waals surface area contributed by atoms with Crippen LogP contribution in [-0.2, 0) is 14.2 Å². The lowest BCUT2D eigenvalue weighted by Gasteiger charge is -2.21. The second-order valence-corrected chi connectivity index (χ2v) is 5.12. The van der Waals surface area contributed by atoms with E-state index in [0.29, 0.717) is 5.76 Å². The molecule has 1 amide bonds. The van der Waals surface area contributed by atoms with E-state index in [1.807, 2.05) is 0 Å². The number of carbonyl (C=O) groups is 1. The van der Waals surface area contributed by atoms with Gasteiger partial charge in [0.05, 0.1) is 14.2 Å². The van der Waals surface area contributed by atoms with Crippen molar-refractivity contribution in [2.24, 2.45) is 0 Å². The number of hydrogen-bond donors (Lipinski definition) is 1. The van der Waals surface area contributed by atoms with E-state index in [1.165, 1.54) is 26.4 Å². The van der Waals surface area contributed by atoms with Gasteiger partial charge in [0, 0.05) is 0 Å². The van der Waals surface area contributed by atoms with Crippen molar-refractivity contribution in [3.8, 4) is 0 Å². The van der Waals surface area contributed by atoms with E-state index in [9.17, 15) is 9.18 Å². The van der Waals surface area contributed by atoms with Crippen LogP contribution in [0.1, 0.15) is 20.8 Å². The van der Waals surface area contributed by atoms with Crippen molar-refractivity contribution >= 4 is 6.09 Å². The zero-order chi connectivity index (χ0) is 15.3. The Labute approximate surface area is 118 Å². The number of nitrogens with one attached hydrogen (secondary N) is 1. The molecule has 1 atom stereocenters. The van der Waals surface area contributed by atoms with E-state index in [-0.39, 0.29) is 11.5 Å². The van der Waals surface area contributed by atoms with E-state index in [2.05, 4.69) is 5.32 Å². The minimum Gasteiger partial charge on any atom is -0.497 e. The highest BCUT2D eigenvalue weighted by Crippen LogP contribution is 2.20. The number of allylic oxidation sites excluding steroid dienone is 3. The number of halogens is 1. The number of alkyl halides is 1. The monoisotopic (exact) mass is 285 g/mol. The highest BCUT2D eigenvalue weighted by molar-refractivity contribution is 5.70. The summed E-state index contributed by atoms with van der Waals surface area (Å²) in [5.74, 6) is 0.541. The molecule has 0 aromatic carbocycles. The molecule has 1 aliphatic carbocycles. The molecule has 5 nitrogen and oxygen atoms in total. The van der Waals surface area contributed by atoms with Crippen LogP contribution in [0.15, 0.2) is 35.4 Å². The Bertz CT molecular complexity index is 460. The van der Waals surface area contributed by atoms with E-state index >= 15 is 0 Å². The van der Waals surface area contributed by atoms with Crippen molar-refractivity contribution in [2.75, 3.05) is 14.2 Å². The zero-order valence-electron chi connectivity index (χ0n) is 12.3. The molecule has 0 aromatic heterocycles. The van der Waals surface area contributed by atoms with Crippen molar-refractivity contribution in [1.82, 2.24) is 5.32 Å². The molecule has 1 aliphatic rings. The highest BCUT2D eigenvalue weighted by atomic mass is 19.1. The fourth-order valence-electron chi connectivity index (χ4n) is 1.52. The van der Waals surface area contributed by atoms with Gasteiger partial charge >= 0.3 is 6.09 Å². The molecule has 0 radical (unpaired) electrons. The van der Waals surface area contributed by atoms with Gasteiger partial charge in [0.15, 0.2) is 6.17 Å². The fraction of sp³-hybridized carbons (Fsp3) is 0.500. The van der Waals surface area contributed by atoms with Crippen LogP contribution < -0.4 is 5.32 Å². The molecule has 0 aromatic rings. The summed E-state index contributed by atoms with van der Waals surface area (Å²) in [5, 5.41) is 2.38. The van der Waals surface area contributed by atoms with E-state index in [1.54, 1.807) is 26.8 Å². The van der Waals surface area contributed by atoms with Gasteiger partial charge in [0.1, 0.15) is 22.8 Å². The van der Waals surface area contributed by atoms with Crippen LogP contribution in [0.2, 0.25) is 0 Å². The molecular formula is C14H20FNO4. The maximum Gasteiger partial charge on any atom is 0.412 e. The lowest BCUT2D eigenvalue weighted by molar-refractivity contribution is 0.0535. The lowest BCUT2D eigenvalue weighted by atomic mass is 10.2. The standard InChI is InChI=1S/C14H20FNO4/c1-14(2,3)20-13(17)16-12-10(15)8-9(18-4)6-7-11(12)19-5/h6-8,10H,1-5H3,(H,16,17). The highest BCUT2D eigenvalue weighted by Gasteiger charge is 2.24. The van der Waals surface area contributed by atoms with Crippen LogP contribution in [0.3, 0.4) is 0 Å². The fourth-order valence-corrected chi connectivity index (χ4v) is 1.52. The van der Waals surface area contributed by atoms with Gasteiger partial charge in [-0.25, -0.2) is 9.18 Å². The number of hydrogen-bond acceptors (Lipinski definition) is 4. The number of rotatable bonds is 3. The van der Waals surface area contributed by atoms with Crippen molar-refractivity contribution in [1.29, 1.82) is 0 Å². The Hall–Kier alpha value is -1.98. The molecule has 0 spiro atoms. The van der Waals surface area contributed by atoms with Gasteiger partial charge in [0.25, 0.3) is 0 Å². The van der Waals surface area contributed by atoms with Crippen molar-refractivity contribution in [3.63, 3.8) is 0 Å². The van der Waals surface area contributed by atoms with Crippen molar-refractivity contribution in [2.45, 2.75) is 32.5 Å². The van der Waals surface area contributed by atoms with Gasteiger partial charge in [-0.15, -0.1) is 0 Å². The van der Waals surface area contributed by atoms with Crippen molar-refractivity contribution < 1.29 is 23.4 Å². The molecule has 20 heavy (non-hydrogen) atoms. The molecule has 0 saturated heterocycles. The SMILES string of the molecule is COC1=CC(F)C(NC(=O)OC(C)(C)C)=C(OC)C=C1. The Morgan fingerprint density at radius 1 is 1.25 bits per heavy atom. The third-order valence-corrected chi connectivity index (χ3v) is 2.34. The van der Waals surface area contributed by atoms with Gasteiger partial charge in [-0.3, -0.25) is 5.32 Å². The maximum atomic E-state index is 14.2. The Morgan fingerprint density at radius 2 is 1.90 bits per heavy atom. The number of ether oxygens (including phenoxy) is 3. The van der Waals surface area contributed by atoms with Gasteiger partial charge in [-0.05, 0) is 39.0 Å². The largest absolute Gasteiger partial charge is 0.497 e. The number of carbonyl (C=O) groups excluding carboxylic acids is 1. The first-order chi connectivity index (χ1) is 9.26. The molecule has 0 fully saturated rings. The smallest absolute Gasteiger partial charge is 0.412 e. The Kier molecular flexibility index (Phi) is 5.19. The summed E-state index contributed by atoms with van der Waals surface area (Å²) >= 11 is 0. The Morgan fingerprint density at radius 3 is 2.40 bits per heavy atom. The summed E-state index contributed by atoms with van der Waals surface area (Å²) < 4.78 is 29.3. The molecule has 0 heterocycles. The lowest BCUT2D eigenvalue weighted by Crippen LogP contribution is -2.35. The maximum absolute atomic E-state index is 14.2. The summed E-state index contributed by atoms with van der Waals surface area (Å²) in [6, 6.07) is 0. The van der Waals surface area contributed by atoms with Gasteiger partial charge in [-0.2, -0.15) is 0 Å². The Balaban J connectivity index is 2.94. The quantitative estimate of drug-likeness (QED) is 0.866. The summed E-state index contributed by atoms with van der Waals surface area (Å²) in [7, 11) is 2.82. The topological polar surface area (TPSA) is 56.8 Å². The summed E-state index contributed by atoms with van der Waals surface area (Å²) in [5.41, 5.74) is -0.692. The molecular weight excluding hydrogens is 265 g/mol. The van der Waals surface area contributed by atoms with Gasteiger partial charge in [0.2, 0.25) is 0 Å². The summed E-state index contributed by atoms with van der Waals surface area (Å²) in [6.45, 7) is 5.17. The molecule has 6 heteroatoms. The van der Waals surface area contributed by atoms with E-state index in [4.69, 9.17) is 14.2 Å². The van der Waals surface area contributed by atoms with Crippen LogP contribution in [0, 0.1) is 0 Å². The summed E-state index contributed by atoms with van der Waals surface area (Å²) in [4.78, 5) is 11.7. The number of methoxy groups -OCH3 is 2. The molecule has 1 rings (SSSR count). The predicted molar refractivity (Wildman–Crippen MR) is 72.5 cm³/mol. The first-order valence-corrected chi connectivity index (χ1v) is 6.13. The van der Waals surface area contributed by atoms with Crippen molar-refractivity contribution in [3.05, 3.63) is 35.4 Å². The molecule has 0 saturated carbocycles. The van der Waals surface area contributed by atoms with Crippen LogP contribution in [-0.4, -0.2) is 32.1 Å². The first kappa shape index (κ1) is 16.1. The molecule has 0 aliphatic heterocycles. The van der Waals surface area contributed by atoms with Crippen LogP contribution in [0.5, 0.6) is 0 Å². The van der Waals surface area contributed by atoms with Gasteiger partial charge < -0.3 is 14.2 Å². The van der Waals surface area contributed by atoms with Crippen LogP contribution in [0.4, 0.5) is 9.18 Å². The van der Waals surface area contributed by atoms with E-state index in [0.717, 1.165) is 0 Å². The third-order valence-electron chi connectivity index (χ3n) is 2.34. The van der Waals surface area contributed by atoms with Crippen LogP contribution >= 0.6 is 0 Å². The van der Waals surface area contributed by atoms with E-state index < -0.39 is 17.9 Å². The second kappa shape index (κ2) is 6.45. The first-order valence-electron chi connectivity index (χ1n) is 6.13. The van der Waals surface area contributed by atoms with Crippen LogP contribution in [0.25, 0.3) is 0 Å².